The molecule has 0 unspecified atom stereocenters. The van der Waals surface area contributed by atoms with Crippen LogP contribution in [-0.4, -0.2) is 61.9 Å². The smallest absolute Gasteiger partial charge is 0.238 e. The Hall–Kier alpha value is -19.0. The number of para-hydroxylation sites is 11. The van der Waals surface area contributed by atoms with Crippen molar-refractivity contribution >= 4 is 153 Å². The average molecular weight is 1770 g/mol. The molecule has 0 amide bonds. The highest BCUT2D eigenvalue weighted by molar-refractivity contribution is 6.23. The number of nitrogens with zero attached hydrogens (tertiary/aromatic N) is 13. The van der Waals surface area contributed by atoms with Crippen molar-refractivity contribution in [2.75, 3.05) is 0 Å². The molecule has 0 aliphatic heterocycles. The van der Waals surface area contributed by atoms with Crippen molar-refractivity contribution in [1.29, 1.82) is 0 Å². The lowest BCUT2D eigenvalue weighted by Gasteiger charge is -2.31. The van der Waals surface area contributed by atoms with Crippen LogP contribution in [0.4, 0.5) is 0 Å². The quantitative estimate of drug-likeness (QED) is 0.107. The van der Waals surface area contributed by atoms with Crippen LogP contribution in [0.15, 0.2) is 467 Å². The largest absolute Gasteiger partial charge is 0.309 e. The van der Waals surface area contributed by atoms with E-state index < -0.39 is 0 Å². The number of aromatic nitrogens is 13. The zero-order valence-corrected chi connectivity index (χ0v) is 74.8. The number of fused-ring (bicyclic) bond motifs is 21. The van der Waals surface area contributed by atoms with Crippen LogP contribution in [0, 0.1) is 0 Å². The molecule has 646 valence electrons. The monoisotopic (exact) mass is 1770 g/mol. The summed E-state index contributed by atoms with van der Waals surface area (Å²) in [6.45, 7) is 0. The Morgan fingerprint density at radius 2 is 0.396 bits per heavy atom. The van der Waals surface area contributed by atoms with Crippen molar-refractivity contribution in [2.24, 2.45) is 0 Å². The molecular weight excluding hydrogens is 1700 g/mol. The Morgan fingerprint density at radius 3 is 0.777 bits per heavy atom. The first-order valence-electron chi connectivity index (χ1n) is 47.2. The Labute approximate surface area is 795 Å². The molecule has 29 aromatic rings. The maximum absolute atomic E-state index is 6.19. The summed E-state index contributed by atoms with van der Waals surface area (Å²) in [5.41, 5.74) is 28.1. The van der Waals surface area contributed by atoms with Gasteiger partial charge in [0.05, 0.1) is 111 Å². The van der Waals surface area contributed by atoms with Crippen LogP contribution < -0.4 is 0 Å². The highest BCUT2D eigenvalue weighted by Gasteiger charge is 2.39. The second-order valence-corrected chi connectivity index (χ2v) is 35.9. The number of hydrogen-bond acceptors (Lipinski definition) is 6. The van der Waals surface area contributed by atoms with E-state index in [0.717, 1.165) is 237 Å². The molecule has 9 aromatic heterocycles. The molecule has 0 aliphatic rings. The van der Waals surface area contributed by atoms with Gasteiger partial charge in [-0.15, -0.1) is 0 Å². The number of benzene rings is 20. The average Bonchev–Trinajstić information content (AvgIpc) is 1.51. The molecule has 0 aliphatic carbocycles. The van der Waals surface area contributed by atoms with Gasteiger partial charge >= 0.3 is 0 Å². The molecule has 20 aromatic carbocycles. The summed E-state index contributed by atoms with van der Waals surface area (Å²) >= 11 is 0. The zero-order valence-electron chi connectivity index (χ0n) is 74.8. The Morgan fingerprint density at radius 1 is 0.137 bits per heavy atom. The molecular formula is C126H77N13. The molecule has 13 heteroatoms. The van der Waals surface area contributed by atoms with Crippen molar-refractivity contribution in [1.82, 2.24) is 61.9 Å². The molecule has 0 atom stereocenters. The molecule has 0 spiro atoms. The van der Waals surface area contributed by atoms with Crippen LogP contribution in [-0.2, 0) is 0 Å². The minimum atomic E-state index is 0.460. The fourth-order valence-corrected chi connectivity index (χ4v) is 22.5. The zero-order chi connectivity index (χ0) is 91.0. The minimum Gasteiger partial charge on any atom is -0.309 e. The normalized spacial score (nSPS) is 12.0. The SMILES string of the molecule is c1ccc(-c2nc(-c3ccccc3)nc(-c3c(-n4c5ccccc5c5ccccc54)c(-n4c5ccccc5c5ccccc54)c(-n4c5ccccc5c5ccccc54)c(-n4c5ccccc5c5ccccc54)c3-n3c4ccccc4c4c(-c5ccc6c7cc(-c8ccc9c(c8)c8ccccc8n9-c8nc(-c9ccccc9)nc(-c9ccccc9)n8)ccc7n(-c7ccccc7)c6c5)cccc43)n2)cc1. The first kappa shape index (κ1) is 77.6. The second kappa shape index (κ2) is 30.8. The summed E-state index contributed by atoms with van der Waals surface area (Å²) in [5, 5.41) is 15.4. The lowest BCUT2D eigenvalue weighted by molar-refractivity contribution is 0.953. The van der Waals surface area contributed by atoms with Gasteiger partial charge in [0.2, 0.25) is 5.95 Å². The second-order valence-electron chi connectivity index (χ2n) is 35.9. The highest BCUT2D eigenvalue weighted by Crippen LogP contribution is 2.56. The summed E-state index contributed by atoms with van der Waals surface area (Å²) in [6, 6.07) is 170. The van der Waals surface area contributed by atoms with Crippen LogP contribution in [0.5, 0.6) is 0 Å². The van der Waals surface area contributed by atoms with Gasteiger partial charge in [0.15, 0.2) is 29.1 Å². The lowest BCUT2D eigenvalue weighted by atomic mass is 9.97. The van der Waals surface area contributed by atoms with Gasteiger partial charge in [-0.2, -0.15) is 9.97 Å². The summed E-state index contributed by atoms with van der Waals surface area (Å²) in [5.74, 6) is 3.25. The fourth-order valence-electron chi connectivity index (χ4n) is 22.5. The van der Waals surface area contributed by atoms with Crippen LogP contribution in [0.1, 0.15) is 0 Å². The van der Waals surface area contributed by atoms with Gasteiger partial charge in [-0.1, -0.05) is 358 Å². The predicted molar refractivity (Wildman–Crippen MR) is 572 cm³/mol. The standard InChI is InChI=1S/C126H77N13/c1-6-37-78(38-7-1)121-127-122(79-39-8-2-9-40-79)130-125(129-121)115-116(134-100-58-26-16-47-87(100)88-48-17-27-59-101(88)134)118(135-102-60-28-18-49-89(102)90-50-19-29-61-103(90)135)120(137-106-64-32-22-53-93(106)94-54-23-33-65-107(94)137)119(136-104-62-30-20-51-91(104)92-52-21-31-63-105(92)136)117(115)138-109-67-35-25-56-97(109)114-86(57-36-68-112(114)138)84-69-72-96-99-76-82(70-73-110(99)133(113(96)77-84)85-45-14-5-15-46-85)83-71-74-111-98(75-83)95-55-24-34-66-108(95)139(111)126-131-123(80-41-10-3-11-42-80)128-124(132-126)81-43-12-4-13-44-81/h1-77H. The molecule has 0 bridgehead atoms. The van der Waals surface area contributed by atoms with E-state index >= 15 is 0 Å². The Bertz CT molecular complexity index is 9830. The molecule has 139 heavy (non-hydrogen) atoms. The molecule has 9 heterocycles. The third-order valence-corrected chi connectivity index (χ3v) is 28.4. The maximum Gasteiger partial charge on any atom is 0.238 e. The third kappa shape index (κ3) is 11.8. The number of hydrogen-bond donors (Lipinski definition) is 0. The molecule has 0 saturated carbocycles. The van der Waals surface area contributed by atoms with Crippen LogP contribution in [0.3, 0.4) is 0 Å². The summed E-state index contributed by atoms with van der Waals surface area (Å²) in [7, 11) is 0. The first-order chi connectivity index (χ1) is 69.0. The van der Waals surface area contributed by atoms with Crippen LogP contribution in [0.2, 0.25) is 0 Å². The van der Waals surface area contributed by atoms with Gasteiger partial charge in [0.25, 0.3) is 0 Å². The van der Waals surface area contributed by atoms with E-state index in [1.807, 2.05) is 36.4 Å². The van der Waals surface area contributed by atoms with Crippen molar-refractivity contribution < 1.29 is 0 Å². The molecule has 0 N–H and O–H groups in total. The molecule has 0 radical (unpaired) electrons. The van der Waals surface area contributed by atoms with Gasteiger partial charge in [0, 0.05) is 103 Å². The van der Waals surface area contributed by atoms with Crippen molar-refractivity contribution in [3.05, 3.63) is 467 Å². The highest BCUT2D eigenvalue weighted by atomic mass is 15.2. The Balaban J connectivity index is 0.754. The van der Waals surface area contributed by atoms with E-state index in [1.165, 1.54) is 0 Å². The topological polar surface area (TPSA) is 112 Å². The van der Waals surface area contributed by atoms with E-state index in [1.54, 1.807) is 0 Å². The minimum absolute atomic E-state index is 0.460. The summed E-state index contributed by atoms with van der Waals surface area (Å²) < 4.78 is 17.6. The van der Waals surface area contributed by atoms with E-state index in [4.69, 9.17) is 29.9 Å². The fraction of sp³-hybridized carbons (Fsp3) is 0. The predicted octanol–water partition coefficient (Wildman–Crippen LogP) is 31.4. The van der Waals surface area contributed by atoms with E-state index in [-0.39, 0.29) is 0 Å². The summed E-state index contributed by atoms with van der Waals surface area (Å²) in [4.78, 5) is 33.7. The van der Waals surface area contributed by atoms with Crippen molar-refractivity contribution in [3.63, 3.8) is 0 Å². The summed E-state index contributed by atoms with van der Waals surface area (Å²) in [6.07, 6.45) is 0. The van der Waals surface area contributed by atoms with E-state index in [0.29, 0.717) is 35.1 Å². The van der Waals surface area contributed by atoms with Gasteiger partial charge in [-0.3, -0.25) is 4.57 Å². The van der Waals surface area contributed by atoms with Gasteiger partial charge in [0.1, 0.15) is 0 Å². The first-order valence-corrected chi connectivity index (χ1v) is 47.2. The molecule has 0 saturated heterocycles. The van der Waals surface area contributed by atoms with Crippen molar-refractivity contribution in [3.8, 4) is 119 Å². The third-order valence-electron chi connectivity index (χ3n) is 28.4. The molecule has 13 nitrogen and oxygen atoms in total. The van der Waals surface area contributed by atoms with Gasteiger partial charge in [-0.25, -0.2) is 19.9 Å². The van der Waals surface area contributed by atoms with E-state index in [9.17, 15) is 0 Å². The van der Waals surface area contributed by atoms with Gasteiger partial charge < -0.3 is 27.4 Å². The molecule has 0 fully saturated rings. The van der Waals surface area contributed by atoms with Crippen LogP contribution >= 0.6 is 0 Å². The number of rotatable bonds is 14. The van der Waals surface area contributed by atoms with Gasteiger partial charge in [-0.05, 0) is 131 Å². The maximum atomic E-state index is 6.19. The van der Waals surface area contributed by atoms with E-state index in [2.05, 4.69) is 463 Å². The molecule has 29 rings (SSSR count). The van der Waals surface area contributed by atoms with Crippen LogP contribution in [0.25, 0.3) is 272 Å². The van der Waals surface area contributed by atoms with Crippen molar-refractivity contribution in [2.45, 2.75) is 0 Å². The Kier molecular flexibility index (Phi) is 17.2. The lowest BCUT2D eigenvalue weighted by Crippen LogP contribution is -2.19.